The maximum atomic E-state index is 13.9. The highest BCUT2D eigenvalue weighted by Crippen LogP contribution is 2.22. The number of rotatable bonds is 11. The molecular weight excluding hydrogens is 570 g/mol. The molecule has 0 unspecified atom stereocenters. The standard InChI is InChI=1S/C28H30BrN3O5S/c1-20(33)23-10-7-11-25(17-23)32(38(3,36)37)19-27(34)31(18-22-12-14-24(29)15-13-22)26(28(35)30-2)16-21-8-5-4-6-9-21/h4-15,17,26H,16,18-19H2,1-3H3,(H,30,35)/t26-/m0/s1. The SMILES string of the molecule is CNC(=O)[C@H](Cc1ccccc1)N(Cc1ccc(Br)cc1)C(=O)CN(c1cccc(C(C)=O)c1)S(C)(=O)=O. The largest absolute Gasteiger partial charge is 0.357 e. The van der Waals surface area contributed by atoms with Crippen molar-refractivity contribution >= 4 is 49.2 Å². The number of sulfonamides is 1. The zero-order valence-electron chi connectivity index (χ0n) is 21.4. The molecule has 0 radical (unpaired) electrons. The summed E-state index contributed by atoms with van der Waals surface area (Å²) >= 11 is 3.40. The van der Waals surface area contributed by atoms with Crippen molar-refractivity contribution in [2.75, 3.05) is 24.2 Å². The molecule has 0 aliphatic heterocycles. The molecule has 0 bridgehead atoms. The van der Waals surface area contributed by atoms with E-state index in [-0.39, 0.29) is 30.3 Å². The lowest BCUT2D eigenvalue weighted by Crippen LogP contribution is -2.52. The highest BCUT2D eigenvalue weighted by molar-refractivity contribution is 9.10. The number of benzene rings is 3. The number of amides is 2. The summed E-state index contributed by atoms with van der Waals surface area (Å²) in [5.41, 5.74) is 2.14. The number of halogens is 1. The van der Waals surface area contributed by atoms with Gasteiger partial charge in [-0.3, -0.25) is 18.7 Å². The van der Waals surface area contributed by atoms with E-state index in [1.807, 2.05) is 54.6 Å². The van der Waals surface area contributed by atoms with Gasteiger partial charge in [-0.05, 0) is 42.3 Å². The smallest absolute Gasteiger partial charge is 0.244 e. The van der Waals surface area contributed by atoms with Gasteiger partial charge in [0.15, 0.2) is 5.78 Å². The summed E-state index contributed by atoms with van der Waals surface area (Å²) in [6, 6.07) is 21.9. The van der Waals surface area contributed by atoms with Crippen LogP contribution in [0, 0.1) is 0 Å². The van der Waals surface area contributed by atoms with Crippen LogP contribution in [0.2, 0.25) is 0 Å². The van der Waals surface area contributed by atoms with Crippen LogP contribution in [0.25, 0.3) is 0 Å². The first-order valence-corrected chi connectivity index (χ1v) is 14.5. The van der Waals surface area contributed by atoms with Gasteiger partial charge in [-0.1, -0.05) is 70.5 Å². The molecular formula is C28H30BrN3O5S. The van der Waals surface area contributed by atoms with Gasteiger partial charge in [-0.25, -0.2) is 8.42 Å². The van der Waals surface area contributed by atoms with E-state index in [1.54, 1.807) is 12.1 Å². The van der Waals surface area contributed by atoms with Crippen LogP contribution < -0.4 is 9.62 Å². The van der Waals surface area contributed by atoms with E-state index in [4.69, 9.17) is 0 Å². The lowest BCUT2D eigenvalue weighted by molar-refractivity contribution is -0.139. The molecule has 0 aromatic heterocycles. The van der Waals surface area contributed by atoms with Gasteiger partial charge in [0, 0.05) is 30.0 Å². The zero-order chi connectivity index (χ0) is 27.9. The van der Waals surface area contributed by atoms with Crippen molar-refractivity contribution in [1.29, 1.82) is 0 Å². The van der Waals surface area contributed by atoms with E-state index in [9.17, 15) is 22.8 Å². The van der Waals surface area contributed by atoms with Crippen molar-refractivity contribution in [3.05, 3.63) is 100 Å². The maximum Gasteiger partial charge on any atom is 0.244 e. The summed E-state index contributed by atoms with van der Waals surface area (Å²) < 4.78 is 27.4. The van der Waals surface area contributed by atoms with Crippen LogP contribution >= 0.6 is 15.9 Å². The van der Waals surface area contributed by atoms with Crippen molar-refractivity contribution in [2.45, 2.75) is 25.9 Å². The summed E-state index contributed by atoms with van der Waals surface area (Å²) in [6.07, 6.45) is 1.24. The molecule has 2 amide bonds. The van der Waals surface area contributed by atoms with Crippen molar-refractivity contribution in [3.63, 3.8) is 0 Å². The van der Waals surface area contributed by atoms with E-state index in [0.29, 0.717) is 5.56 Å². The second-order valence-electron chi connectivity index (χ2n) is 8.84. The predicted molar refractivity (Wildman–Crippen MR) is 151 cm³/mol. The number of nitrogens with zero attached hydrogens (tertiary/aromatic N) is 2. The molecule has 0 saturated carbocycles. The molecule has 3 aromatic rings. The lowest BCUT2D eigenvalue weighted by Gasteiger charge is -2.33. The number of nitrogens with one attached hydrogen (secondary N) is 1. The number of likely N-dealkylation sites (N-methyl/N-ethyl adjacent to an activating group) is 1. The highest BCUT2D eigenvalue weighted by Gasteiger charge is 2.32. The number of carbonyl (C=O) groups excluding carboxylic acids is 3. The van der Waals surface area contributed by atoms with Gasteiger partial charge in [0.25, 0.3) is 0 Å². The van der Waals surface area contributed by atoms with E-state index in [2.05, 4.69) is 21.2 Å². The van der Waals surface area contributed by atoms with Gasteiger partial charge in [0.05, 0.1) is 11.9 Å². The van der Waals surface area contributed by atoms with Crippen molar-refractivity contribution in [3.8, 4) is 0 Å². The Morgan fingerprint density at radius 1 is 0.921 bits per heavy atom. The van der Waals surface area contributed by atoms with Crippen LogP contribution in [0.3, 0.4) is 0 Å². The Labute approximate surface area is 231 Å². The minimum atomic E-state index is -3.91. The number of anilines is 1. The number of hydrogen-bond acceptors (Lipinski definition) is 5. The second-order valence-corrected chi connectivity index (χ2v) is 11.7. The van der Waals surface area contributed by atoms with Gasteiger partial charge in [-0.2, -0.15) is 0 Å². The summed E-state index contributed by atoms with van der Waals surface area (Å²) in [4.78, 5) is 40.3. The molecule has 10 heteroatoms. The monoisotopic (exact) mass is 599 g/mol. The summed E-state index contributed by atoms with van der Waals surface area (Å²) in [5.74, 6) is -1.16. The second kappa shape index (κ2) is 12.8. The van der Waals surface area contributed by atoms with Crippen LogP contribution in [-0.4, -0.2) is 56.8 Å². The highest BCUT2D eigenvalue weighted by atomic mass is 79.9. The topological polar surface area (TPSA) is 104 Å². The fourth-order valence-corrected chi connectivity index (χ4v) is 5.11. The van der Waals surface area contributed by atoms with Crippen LogP contribution in [0.5, 0.6) is 0 Å². The van der Waals surface area contributed by atoms with Crippen LogP contribution in [0.15, 0.2) is 83.3 Å². The number of hydrogen-bond donors (Lipinski definition) is 1. The first-order chi connectivity index (χ1) is 18.0. The summed E-state index contributed by atoms with van der Waals surface area (Å²) in [7, 11) is -2.41. The third kappa shape index (κ3) is 7.75. The Kier molecular flexibility index (Phi) is 9.82. The summed E-state index contributed by atoms with van der Waals surface area (Å²) in [5, 5.41) is 2.64. The normalized spacial score (nSPS) is 11.9. The molecule has 0 aliphatic rings. The molecule has 0 heterocycles. The molecule has 0 saturated heterocycles. The molecule has 3 rings (SSSR count). The number of Topliss-reactive ketones (excluding diaryl/α,β-unsaturated/α-hetero) is 1. The molecule has 0 aliphatic carbocycles. The van der Waals surface area contributed by atoms with Crippen molar-refractivity contribution < 1.29 is 22.8 Å². The quantitative estimate of drug-likeness (QED) is 0.338. The number of carbonyl (C=O) groups is 3. The van der Waals surface area contributed by atoms with Crippen LogP contribution in [-0.2, 0) is 32.6 Å². The maximum absolute atomic E-state index is 13.9. The van der Waals surface area contributed by atoms with E-state index in [0.717, 1.165) is 26.2 Å². The first-order valence-electron chi connectivity index (χ1n) is 11.9. The first kappa shape index (κ1) is 29.1. The Balaban J connectivity index is 2.03. The van der Waals surface area contributed by atoms with Crippen LogP contribution in [0.4, 0.5) is 5.69 Å². The molecule has 8 nitrogen and oxygen atoms in total. The third-order valence-electron chi connectivity index (χ3n) is 6.00. The Hall–Kier alpha value is -3.50. The zero-order valence-corrected chi connectivity index (χ0v) is 23.8. The van der Waals surface area contributed by atoms with Gasteiger partial charge in [-0.15, -0.1) is 0 Å². The molecule has 1 N–H and O–H groups in total. The van der Waals surface area contributed by atoms with Gasteiger partial charge < -0.3 is 10.2 Å². The molecule has 38 heavy (non-hydrogen) atoms. The van der Waals surface area contributed by atoms with Gasteiger partial charge >= 0.3 is 0 Å². The fraction of sp³-hybridized carbons (Fsp3) is 0.250. The molecule has 200 valence electrons. The molecule has 0 fully saturated rings. The van der Waals surface area contributed by atoms with Gasteiger partial charge in [0.1, 0.15) is 12.6 Å². The number of ketones is 1. The minimum absolute atomic E-state index is 0.0854. The minimum Gasteiger partial charge on any atom is -0.357 e. The Bertz CT molecular complexity index is 1400. The van der Waals surface area contributed by atoms with Crippen molar-refractivity contribution in [2.24, 2.45) is 0 Å². The predicted octanol–water partition coefficient (Wildman–Crippen LogP) is 3.80. The molecule has 0 spiro atoms. The van der Waals surface area contributed by atoms with E-state index >= 15 is 0 Å². The average molecular weight is 601 g/mol. The Morgan fingerprint density at radius 2 is 1.58 bits per heavy atom. The average Bonchev–Trinajstić information content (AvgIpc) is 2.89. The Morgan fingerprint density at radius 3 is 2.16 bits per heavy atom. The third-order valence-corrected chi connectivity index (χ3v) is 7.67. The van der Waals surface area contributed by atoms with Gasteiger partial charge in [0.2, 0.25) is 21.8 Å². The van der Waals surface area contributed by atoms with E-state index < -0.39 is 28.5 Å². The molecule has 1 atom stereocenters. The molecule has 3 aromatic carbocycles. The van der Waals surface area contributed by atoms with Crippen LogP contribution in [0.1, 0.15) is 28.4 Å². The van der Waals surface area contributed by atoms with E-state index in [1.165, 1.54) is 31.0 Å². The summed E-state index contributed by atoms with van der Waals surface area (Å²) in [6.45, 7) is 0.924. The fourth-order valence-electron chi connectivity index (χ4n) is 4.00. The lowest BCUT2D eigenvalue weighted by atomic mass is 10.0. The van der Waals surface area contributed by atoms with Crippen molar-refractivity contribution in [1.82, 2.24) is 10.2 Å².